The topological polar surface area (TPSA) is 24.5 Å². The maximum Gasteiger partial charge on any atom is 0.0790 e. The number of rotatable bonds is 6. The van der Waals surface area contributed by atoms with Crippen molar-refractivity contribution >= 4 is 0 Å². The molecule has 2 rings (SSSR count). The van der Waals surface area contributed by atoms with Crippen LogP contribution in [0.25, 0.3) is 0 Å². The van der Waals surface area contributed by atoms with Crippen molar-refractivity contribution in [2.24, 2.45) is 17.8 Å². The fourth-order valence-electron chi connectivity index (χ4n) is 4.10. The van der Waals surface area contributed by atoms with Gasteiger partial charge in [0, 0.05) is 25.0 Å². The van der Waals surface area contributed by atoms with E-state index in [1.54, 1.807) is 0 Å². The van der Waals surface area contributed by atoms with Gasteiger partial charge in [0.25, 0.3) is 0 Å². The fourth-order valence-corrected chi connectivity index (χ4v) is 4.10. The molecule has 3 heteroatoms. The van der Waals surface area contributed by atoms with Gasteiger partial charge in [0.05, 0.1) is 11.2 Å². The van der Waals surface area contributed by atoms with Crippen molar-refractivity contribution < 1.29 is 4.74 Å². The third-order valence-electron chi connectivity index (χ3n) is 5.33. The Balaban J connectivity index is 2.01. The number of hydrogen-bond donors (Lipinski definition) is 1. The first-order chi connectivity index (χ1) is 9.17. The van der Waals surface area contributed by atoms with E-state index in [1.165, 1.54) is 13.0 Å². The number of nitrogens with one attached hydrogen (secondary N) is 1. The Labute approximate surface area is 125 Å². The van der Waals surface area contributed by atoms with Gasteiger partial charge in [-0.1, -0.05) is 13.8 Å². The molecule has 0 radical (unpaired) electrons. The third-order valence-corrected chi connectivity index (χ3v) is 5.33. The van der Waals surface area contributed by atoms with Crippen molar-refractivity contribution in [2.45, 2.75) is 65.2 Å². The van der Waals surface area contributed by atoms with Crippen LogP contribution in [-0.2, 0) is 4.74 Å². The molecular weight excluding hydrogens is 248 g/mol. The van der Waals surface area contributed by atoms with Gasteiger partial charge in [0.1, 0.15) is 0 Å². The molecule has 1 heterocycles. The summed E-state index contributed by atoms with van der Waals surface area (Å²) in [7, 11) is 2.27. The van der Waals surface area contributed by atoms with Gasteiger partial charge in [-0.15, -0.1) is 0 Å². The molecule has 4 unspecified atom stereocenters. The molecule has 0 aromatic heterocycles. The molecule has 1 saturated carbocycles. The van der Waals surface area contributed by atoms with Crippen LogP contribution in [0.2, 0.25) is 0 Å². The molecule has 2 fully saturated rings. The number of nitrogens with zero attached hydrogens (tertiary/aromatic N) is 1. The van der Waals surface area contributed by atoms with Crippen LogP contribution in [0.15, 0.2) is 0 Å². The highest BCUT2D eigenvalue weighted by molar-refractivity contribution is 5.06. The van der Waals surface area contributed by atoms with Gasteiger partial charge in [-0.3, -0.25) is 0 Å². The summed E-state index contributed by atoms with van der Waals surface area (Å²) in [5, 5.41) is 3.67. The predicted molar refractivity (Wildman–Crippen MR) is 85.0 cm³/mol. The second-order valence-corrected chi connectivity index (χ2v) is 8.15. The quantitative estimate of drug-likeness (QED) is 0.811. The van der Waals surface area contributed by atoms with E-state index in [9.17, 15) is 0 Å². The normalized spacial score (nSPS) is 38.4. The highest BCUT2D eigenvalue weighted by Crippen LogP contribution is 2.43. The molecule has 3 nitrogen and oxygen atoms in total. The minimum absolute atomic E-state index is 0.0558. The summed E-state index contributed by atoms with van der Waals surface area (Å²) in [4.78, 5) is 2.52. The van der Waals surface area contributed by atoms with Crippen LogP contribution in [0.4, 0.5) is 0 Å². The van der Waals surface area contributed by atoms with E-state index in [-0.39, 0.29) is 11.2 Å². The SMILES string of the molecule is CCNC1C(CN(C)CC2CC2C)C(C)(C)OC1(C)C. The average molecular weight is 282 g/mol. The Morgan fingerprint density at radius 3 is 2.25 bits per heavy atom. The van der Waals surface area contributed by atoms with Crippen LogP contribution < -0.4 is 5.32 Å². The van der Waals surface area contributed by atoms with E-state index in [4.69, 9.17) is 4.74 Å². The van der Waals surface area contributed by atoms with Crippen LogP contribution in [0.3, 0.4) is 0 Å². The van der Waals surface area contributed by atoms with Gasteiger partial charge in [0.15, 0.2) is 0 Å². The van der Waals surface area contributed by atoms with Crippen molar-refractivity contribution in [1.29, 1.82) is 0 Å². The molecule has 2 aliphatic rings. The van der Waals surface area contributed by atoms with Crippen molar-refractivity contribution in [3.63, 3.8) is 0 Å². The molecule has 0 aromatic rings. The Morgan fingerprint density at radius 2 is 1.75 bits per heavy atom. The monoisotopic (exact) mass is 282 g/mol. The van der Waals surface area contributed by atoms with Crippen LogP contribution in [0, 0.1) is 17.8 Å². The number of likely N-dealkylation sites (N-methyl/N-ethyl adjacent to an activating group) is 1. The largest absolute Gasteiger partial charge is 0.368 e. The lowest BCUT2D eigenvalue weighted by Gasteiger charge is -2.33. The molecule has 1 aliphatic carbocycles. The molecule has 20 heavy (non-hydrogen) atoms. The predicted octanol–water partition coefficient (Wildman–Crippen LogP) is 2.76. The molecule has 118 valence electrons. The lowest BCUT2D eigenvalue weighted by Crippen LogP contribution is -2.50. The first-order valence-electron chi connectivity index (χ1n) is 8.29. The first-order valence-corrected chi connectivity index (χ1v) is 8.29. The van der Waals surface area contributed by atoms with Crippen LogP contribution in [0.1, 0.15) is 48.0 Å². The van der Waals surface area contributed by atoms with Crippen molar-refractivity contribution in [2.75, 3.05) is 26.7 Å². The molecule has 0 bridgehead atoms. The molecule has 1 aliphatic heterocycles. The molecule has 4 atom stereocenters. The van der Waals surface area contributed by atoms with E-state index >= 15 is 0 Å². The van der Waals surface area contributed by atoms with E-state index in [2.05, 4.69) is 58.8 Å². The zero-order valence-corrected chi connectivity index (χ0v) is 14.5. The van der Waals surface area contributed by atoms with E-state index in [0.717, 1.165) is 24.9 Å². The van der Waals surface area contributed by atoms with Gasteiger partial charge in [0.2, 0.25) is 0 Å². The first kappa shape index (κ1) is 16.3. The average Bonchev–Trinajstić information content (AvgIpc) is 2.92. The standard InChI is InChI=1S/C17H34N2O/c1-8-18-15-14(16(3,4)20-17(15,5)6)11-19(7)10-13-9-12(13)2/h12-15,18H,8-11H2,1-7H3. The van der Waals surface area contributed by atoms with Crippen LogP contribution >= 0.6 is 0 Å². The Bertz CT molecular complexity index is 340. The summed E-state index contributed by atoms with van der Waals surface area (Å²) in [6.07, 6.45) is 1.41. The molecule has 1 saturated heterocycles. The minimum Gasteiger partial charge on any atom is -0.368 e. The Morgan fingerprint density at radius 1 is 1.15 bits per heavy atom. The minimum atomic E-state index is -0.0854. The number of ether oxygens (including phenoxy) is 1. The van der Waals surface area contributed by atoms with Crippen molar-refractivity contribution in [3.8, 4) is 0 Å². The van der Waals surface area contributed by atoms with Crippen LogP contribution in [0.5, 0.6) is 0 Å². The fraction of sp³-hybridized carbons (Fsp3) is 1.00. The molecule has 1 N–H and O–H groups in total. The lowest BCUT2D eigenvalue weighted by atomic mass is 9.82. The summed E-state index contributed by atoms with van der Waals surface area (Å²) in [6.45, 7) is 16.9. The second kappa shape index (κ2) is 5.58. The van der Waals surface area contributed by atoms with Gasteiger partial charge < -0.3 is 15.0 Å². The van der Waals surface area contributed by atoms with Gasteiger partial charge in [-0.05, 0) is 59.5 Å². The van der Waals surface area contributed by atoms with Crippen LogP contribution in [-0.4, -0.2) is 48.8 Å². The van der Waals surface area contributed by atoms with E-state index in [1.807, 2.05) is 0 Å². The second-order valence-electron chi connectivity index (χ2n) is 8.15. The zero-order chi connectivity index (χ0) is 15.1. The maximum atomic E-state index is 6.37. The molecule has 0 amide bonds. The van der Waals surface area contributed by atoms with Gasteiger partial charge in [-0.2, -0.15) is 0 Å². The van der Waals surface area contributed by atoms with Crippen molar-refractivity contribution in [1.82, 2.24) is 10.2 Å². The Kier molecular flexibility index (Phi) is 4.54. The summed E-state index contributed by atoms with van der Waals surface area (Å²) < 4.78 is 6.37. The zero-order valence-electron chi connectivity index (χ0n) is 14.5. The lowest BCUT2D eigenvalue weighted by molar-refractivity contribution is -0.0792. The van der Waals surface area contributed by atoms with Gasteiger partial charge in [-0.25, -0.2) is 0 Å². The van der Waals surface area contributed by atoms with Gasteiger partial charge >= 0.3 is 0 Å². The Hall–Kier alpha value is -0.120. The molecule has 0 spiro atoms. The smallest absolute Gasteiger partial charge is 0.0790 e. The number of hydrogen-bond acceptors (Lipinski definition) is 3. The van der Waals surface area contributed by atoms with Crippen molar-refractivity contribution in [3.05, 3.63) is 0 Å². The molecular formula is C17H34N2O. The van der Waals surface area contributed by atoms with E-state index < -0.39 is 0 Å². The van der Waals surface area contributed by atoms with E-state index in [0.29, 0.717) is 12.0 Å². The highest BCUT2D eigenvalue weighted by Gasteiger charge is 2.53. The highest BCUT2D eigenvalue weighted by atomic mass is 16.5. The summed E-state index contributed by atoms with van der Waals surface area (Å²) in [5.41, 5.74) is -0.141. The summed E-state index contributed by atoms with van der Waals surface area (Å²) >= 11 is 0. The third kappa shape index (κ3) is 3.37. The maximum absolute atomic E-state index is 6.37. The summed E-state index contributed by atoms with van der Waals surface area (Å²) in [6, 6.07) is 0.432. The molecule has 0 aromatic carbocycles. The summed E-state index contributed by atoms with van der Waals surface area (Å²) in [5.74, 6) is 2.40.